The third kappa shape index (κ3) is 5.47. The fourth-order valence-corrected chi connectivity index (χ4v) is 3.84. The van der Waals surface area contributed by atoms with Crippen LogP contribution in [0, 0.1) is 11.6 Å². The second-order valence-corrected chi connectivity index (χ2v) is 7.95. The largest absolute Gasteiger partial charge is 0.388 e. The van der Waals surface area contributed by atoms with Gasteiger partial charge in [-0.05, 0) is 41.0 Å². The number of carbonyl (C=O) groups is 2. The summed E-state index contributed by atoms with van der Waals surface area (Å²) in [4.78, 5) is 28.5. The topological polar surface area (TPSA) is 70.1 Å². The van der Waals surface area contributed by atoms with E-state index in [4.69, 9.17) is 9.84 Å². The molecule has 1 N–H and O–H groups in total. The third-order valence-corrected chi connectivity index (χ3v) is 5.63. The SMILES string of the molecule is O=C(CO)c1ccc(CN(C(=O)N2CCOCC2)c2cccc(-c3cc(F)cc(F)c3)c2)cc1. The molecule has 0 aromatic heterocycles. The maximum atomic E-state index is 13.8. The summed E-state index contributed by atoms with van der Waals surface area (Å²) in [5, 5.41) is 9.06. The Morgan fingerprint density at radius 3 is 2.24 bits per heavy atom. The summed E-state index contributed by atoms with van der Waals surface area (Å²) in [6.07, 6.45) is 0. The molecule has 1 aliphatic heterocycles. The molecule has 2 amide bonds. The van der Waals surface area contributed by atoms with Gasteiger partial charge in [-0.25, -0.2) is 13.6 Å². The Labute approximate surface area is 196 Å². The molecule has 1 heterocycles. The lowest BCUT2D eigenvalue weighted by molar-refractivity contribution is 0.0548. The highest BCUT2D eigenvalue weighted by atomic mass is 19.1. The van der Waals surface area contributed by atoms with Crippen LogP contribution in [-0.2, 0) is 11.3 Å². The molecule has 1 fully saturated rings. The van der Waals surface area contributed by atoms with Crippen LogP contribution in [0.25, 0.3) is 11.1 Å². The molecule has 0 radical (unpaired) electrons. The van der Waals surface area contributed by atoms with Gasteiger partial charge in [-0.1, -0.05) is 36.4 Å². The number of anilines is 1. The van der Waals surface area contributed by atoms with E-state index < -0.39 is 18.2 Å². The lowest BCUT2D eigenvalue weighted by Crippen LogP contribution is -2.48. The zero-order valence-electron chi connectivity index (χ0n) is 18.4. The Bertz CT molecular complexity index is 1160. The molecule has 34 heavy (non-hydrogen) atoms. The maximum absolute atomic E-state index is 13.8. The molecule has 0 spiro atoms. The van der Waals surface area contributed by atoms with Gasteiger partial charge in [-0.2, -0.15) is 0 Å². The first-order chi connectivity index (χ1) is 16.4. The fraction of sp³-hybridized carbons (Fsp3) is 0.231. The highest BCUT2D eigenvalue weighted by Crippen LogP contribution is 2.28. The lowest BCUT2D eigenvalue weighted by Gasteiger charge is -2.33. The van der Waals surface area contributed by atoms with E-state index in [9.17, 15) is 18.4 Å². The van der Waals surface area contributed by atoms with Gasteiger partial charge in [0.25, 0.3) is 0 Å². The van der Waals surface area contributed by atoms with Crippen molar-refractivity contribution < 1.29 is 28.2 Å². The van der Waals surface area contributed by atoms with Gasteiger partial charge in [0.05, 0.1) is 19.8 Å². The summed E-state index contributed by atoms with van der Waals surface area (Å²) >= 11 is 0. The van der Waals surface area contributed by atoms with E-state index in [0.717, 1.165) is 11.6 Å². The molecule has 3 aromatic rings. The number of halogens is 2. The molecule has 0 saturated carbocycles. The molecule has 176 valence electrons. The van der Waals surface area contributed by atoms with Crippen LogP contribution in [0.2, 0.25) is 0 Å². The first-order valence-electron chi connectivity index (χ1n) is 10.9. The van der Waals surface area contributed by atoms with Crippen LogP contribution in [0.3, 0.4) is 0 Å². The molecule has 4 rings (SSSR count). The second-order valence-electron chi connectivity index (χ2n) is 7.95. The lowest BCUT2D eigenvalue weighted by atomic mass is 10.0. The second kappa shape index (κ2) is 10.5. The van der Waals surface area contributed by atoms with E-state index >= 15 is 0 Å². The number of ketones is 1. The van der Waals surface area contributed by atoms with Crippen molar-refractivity contribution in [2.24, 2.45) is 0 Å². The van der Waals surface area contributed by atoms with Crippen molar-refractivity contribution in [3.05, 3.63) is 89.5 Å². The molecule has 0 atom stereocenters. The standard InChI is InChI=1S/C26H24F2N2O4/c27-22-12-21(13-23(28)15-22)20-2-1-3-24(14-20)30(26(33)29-8-10-34-11-9-29)16-18-4-6-19(7-5-18)25(32)17-31/h1-7,12-15,31H,8-11,16-17H2. The van der Waals surface area contributed by atoms with E-state index in [2.05, 4.69) is 0 Å². The third-order valence-electron chi connectivity index (χ3n) is 5.63. The van der Waals surface area contributed by atoms with Crippen LogP contribution >= 0.6 is 0 Å². The molecule has 1 aliphatic rings. The van der Waals surface area contributed by atoms with Crippen LogP contribution in [0.5, 0.6) is 0 Å². The Balaban J connectivity index is 1.68. The molecular weight excluding hydrogens is 442 g/mol. The summed E-state index contributed by atoms with van der Waals surface area (Å²) in [5.41, 5.74) is 2.66. The highest BCUT2D eigenvalue weighted by molar-refractivity contribution is 5.97. The number of ether oxygens (including phenoxy) is 1. The van der Waals surface area contributed by atoms with Gasteiger partial charge in [0, 0.05) is 30.4 Å². The zero-order chi connectivity index (χ0) is 24.1. The smallest absolute Gasteiger partial charge is 0.324 e. The van der Waals surface area contributed by atoms with Crippen molar-refractivity contribution in [1.82, 2.24) is 4.90 Å². The van der Waals surface area contributed by atoms with Gasteiger partial charge in [-0.15, -0.1) is 0 Å². The van der Waals surface area contributed by atoms with Gasteiger partial charge in [0.1, 0.15) is 18.2 Å². The van der Waals surface area contributed by atoms with Gasteiger partial charge in [-0.3, -0.25) is 9.69 Å². The number of carbonyl (C=O) groups excluding carboxylic acids is 2. The van der Waals surface area contributed by atoms with E-state index in [0.29, 0.717) is 48.7 Å². The molecule has 0 unspecified atom stereocenters. The summed E-state index contributed by atoms with van der Waals surface area (Å²) in [6, 6.07) is 16.7. The van der Waals surface area contributed by atoms with E-state index in [1.807, 2.05) is 0 Å². The number of nitrogens with zero attached hydrogens (tertiary/aromatic N) is 2. The monoisotopic (exact) mass is 466 g/mol. The fourth-order valence-electron chi connectivity index (χ4n) is 3.84. The number of Topliss-reactive ketones (excluding diaryl/α,β-unsaturated/α-hetero) is 1. The summed E-state index contributed by atoms with van der Waals surface area (Å²) in [7, 11) is 0. The first kappa shape index (κ1) is 23.5. The number of aliphatic hydroxyl groups is 1. The Morgan fingerprint density at radius 2 is 1.59 bits per heavy atom. The highest BCUT2D eigenvalue weighted by Gasteiger charge is 2.25. The molecule has 8 heteroatoms. The predicted molar refractivity (Wildman–Crippen MR) is 124 cm³/mol. The summed E-state index contributed by atoms with van der Waals surface area (Å²) in [5.74, 6) is -1.75. The Morgan fingerprint density at radius 1 is 0.912 bits per heavy atom. The zero-order valence-corrected chi connectivity index (χ0v) is 18.4. The number of hydrogen-bond acceptors (Lipinski definition) is 4. The number of morpholine rings is 1. The summed E-state index contributed by atoms with van der Waals surface area (Å²) < 4.78 is 32.9. The van der Waals surface area contributed by atoms with Gasteiger partial charge < -0.3 is 14.7 Å². The number of rotatable bonds is 6. The minimum atomic E-state index is -0.681. The average Bonchev–Trinajstić information content (AvgIpc) is 2.87. The molecule has 3 aromatic carbocycles. The van der Waals surface area contributed by atoms with Crippen molar-refractivity contribution >= 4 is 17.5 Å². The number of hydrogen-bond donors (Lipinski definition) is 1. The minimum Gasteiger partial charge on any atom is -0.388 e. The van der Waals surface area contributed by atoms with Crippen molar-refractivity contribution in [1.29, 1.82) is 0 Å². The molecule has 0 bridgehead atoms. The average molecular weight is 466 g/mol. The number of urea groups is 1. The van der Waals surface area contributed by atoms with Crippen LogP contribution in [-0.4, -0.2) is 54.7 Å². The van der Waals surface area contributed by atoms with Gasteiger partial charge >= 0.3 is 6.03 Å². The number of amides is 2. The van der Waals surface area contributed by atoms with Crippen molar-refractivity contribution in [2.45, 2.75) is 6.54 Å². The van der Waals surface area contributed by atoms with Crippen LogP contribution in [0.15, 0.2) is 66.7 Å². The van der Waals surface area contributed by atoms with Crippen LogP contribution < -0.4 is 4.90 Å². The van der Waals surface area contributed by atoms with Crippen LogP contribution in [0.4, 0.5) is 19.3 Å². The predicted octanol–water partition coefficient (Wildman–Crippen LogP) is 4.27. The Hall–Kier alpha value is -3.62. The number of aliphatic hydroxyl groups excluding tert-OH is 1. The van der Waals surface area contributed by atoms with Crippen molar-refractivity contribution in [3.8, 4) is 11.1 Å². The maximum Gasteiger partial charge on any atom is 0.324 e. The van der Waals surface area contributed by atoms with Crippen molar-refractivity contribution in [2.75, 3.05) is 37.8 Å². The van der Waals surface area contributed by atoms with E-state index in [1.54, 1.807) is 58.3 Å². The van der Waals surface area contributed by atoms with Crippen molar-refractivity contribution in [3.63, 3.8) is 0 Å². The minimum absolute atomic E-state index is 0.213. The van der Waals surface area contributed by atoms with E-state index in [1.165, 1.54) is 12.1 Å². The molecule has 0 aliphatic carbocycles. The van der Waals surface area contributed by atoms with Crippen LogP contribution in [0.1, 0.15) is 15.9 Å². The normalized spacial score (nSPS) is 13.6. The molecular formula is C26H24F2N2O4. The van der Waals surface area contributed by atoms with Gasteiger partial charge in [0.2, 0.25) is 0 Å². The molecule has 1 saturated heterocycles. The molecule has 6 nitrogen and oxygen atoms in total. The van der Waals surface area contributed by atoms with E-state index in [-0.39, 0.29) is 18.4 Å². The Kier molecular flexibility index (Phi) is 7.30. The first-order valence-corrected chi connectivity index (χ1v) is 10.9. The van der Waals surface area contributed by atoms with Gasteiger partial charge in [0.15, 0.2) is 5.78 Å². The summed E-state index contributed by atoms with van der Waals surface area (Å²) in [6.45, 7) is 1.43. The number of benzene rings is 3. The quantitative estimate of drug-likeness (QED) is 0.551.